The first-order valence-corrected chi connectivity index (χ1v) is 7.96. The van der Waals surface area contributed by atoms with Gasteiger partial charge < -0.3 is 9.84 Å². The van der Waals surface area contributed by atoms with Gasteiger partial charge in [-0.2, -0.15) is 13.2 Å². The number of carbonyl (C=O) groups is 1. The summed E-state index contributed by atoms with van der Waals surface area (Å²) in [6.45, 7) is 4.76. The standard InChI is InChI=1S/C14H18F3IO3/c1-7(2)12(19)21-11(13(18,20)14(15,16)17)10-6-8-3-4-9(10)5-8/h8-11,20H,1,3-6H2,2H3/t8?,9?,10?,11?,13-/m1/s1. The zero-order valence-corrected chi connectivity index (χ0v) is 13.8. The molecule has 2 aliphatic carbocycles. The van der Waals surface area contributed by atoms with Gasteiger partial charge in [0.25, 0.3) is 0 Å². The van der Waals surface area contributed by atoms with Crippen molar-refractivity contribution < 1.29 is 27.8 Å². The monoisotopic (exact) mass is 418 g/mol. The first-order chi connectivity index (χ1) is 9.54. The summed E-state index contributed by atoms with van der Waals surface area (Å²) in [6, 6.07) is 0. The van der Waals surface area contributed by atoms with Gasteiger partial charge in [-0.25, -0.2) is 4.79 Å². The molecule has 7 heteroatoms. The molecule has 1 N–H and O–H groups in total. The summed E-state index contributed by atoms with van der Waals surface area (Å²) in [6.07, 6.45) is -3.18. The topological polar surface area (TPSA) is 46.5 Å². The van der Waals surface area contributed by atoms with E-state index < -0.39 is 27.8 Å². The molecule has 0 amide bonds. The lowest BCUT2D eigenvalue weighted by molar-refractivity contribution is -0.252. The predicted octanol–water partition coefficient (Wildman–Crippen LogP) is 3.60. The summed E-state index contributed by atoms with van der Waals surface area (Å²) in [7, 11) is 0. The Labute approximate surface area is 135 Å². The van der Waals surface area contributed by atoms with E-state index in [1.54, 1.807) is 0 Å². The van der Waals surface area contributed by atoms with Crippen LogP contribution < -0.4 is 0 Å². The van der Waals surface area contributed by atoms with Crippen molar-refractivity contribution in [1.82, 2.24) is 0 Å². The molecule has 0 aromatic carbocycles. The van der Waals surface area contributed by atoms with Crippen molar-refractivity contribution in [3.05, 3.63) is 12.2 Å². The fourth-order valence-electron chi connectivity index (χ4n) is 3.49. The van der Waals surface area contributed by atoms with Crippen LogP contribution in [-0.2, 0) is 9.53 Å². The lowest BCUT2D eigenvalue weighted by Crippen LogP contribution is -2.55. The number of fused-ring (bicyclic) bond motifs is 2. The molecule has 2 fully saturated rings. The number of hydrogen-bond donors (Lipinski definition) is 1. The third kappa shape index (κ3) is 3.23. The number of esters is 1. The average Bonchev–Trinajstić information content (AvgIpc) is 2.95. The molecule has 0 aliphatic heterocycles. The normalized spacial score (nSPS) is 32.6. The maximum atomic E-state index is 13.2. The maximum Gasteiger partial charge on any atom is 0.430 e. The Morgan fingerprint density at radius 1 is 1.38 bits per heavy atom. The molecule has 0 spiro atoms. The van der Waals surface area contributed by atoms with Crippen LogP contribution in [0.15, 0.2) is 12.2 Å². The van der Waals surface area contributed by atoms with Crippen LogP contribution in [-0.4, -0.2) is 27.0 Å². The molecule has 0 aromatic heterocycles. The highest BCUT2D eigenvalue weighted by Crippen LogP contribution is 2.54. The molecular formula is C14H18F3IO3. The van der Waals surface area contributed by atoms with E-state index in [4.69, 9.17) is 4.74 Å². The van der Waals surface area contributed by atoms with Gasteiger partial charge in [-0.05, 0) is 60.6 Å². The summed E-state index contributed by atoms with van der Waals surface area (Å²) in [5, 5.41) is 9.98. The number of rotatable bonds is 4. The van der Waals surface area contributed by atoms with Gasteiger partial charge in [-0.3, -0.25) is 0 Å². The van der Waals surface area contributed by atoms with E-state index >= 15 is 0 Å². The number of alkyl halides is 4. The number of carbonyl (C=O) groups excluding carboxylic acids is 1. The molecule has 4 unspecified atom stereocenters. The molecule has 0 radical (unpaired) electrons. The summed E-state index contributed by atoms with van der Waals surface area (Å²) >= 11 is 0.956. The minimum atomic E-state index is -4.87. The third-order valence-corrected chi connectivity index (χ3v) is 5.76. The molecule has 120 valence electrons. The molecular weight excluding hydrogens is 400 g/mol. The molecule has 2 saturated carbocycles. The summed E-state index contributed by atoms with van der Waals surface area (Å²) in [5.41, 5.74) is 0.0255. The number of hydrogen-bond acceptors (Lipinski definition) is 3. The van der Waals surface area contributed by atoms with Crippen LogP contribution in [0.1, 0.15) is 32.6 Å². The van der Waals surface area contributed by atoms with Gasteiger partial charge in [-0.1, -0.05) is 13.0 Å². The van der Waals surface area contributed by atoms with Gasteiger partial charge in [0.1, 0.15) is 0 Å². The fraction of sp³-hybridized carbons (Fsp3) is 0.786. The second-order valence-electron chi connectivity index (χ2n) is 6.12. The van der Waals surface area contributed by atoms with Crippen LogP contribution >= 0.6 is 22.6 Å². The SMILES string of the molecule is C=C(C)C(=O)OC(C1CC2CCC1C2)[C@](O)(I)C(F)(F)F. The van der Waals surface area contributed by atoms with Crippen molar-refractivity contribution in [2.45, 2.75) is 48.5 Å². The van der Waals surface area contributed by atoms with Crippen molar-refractivity contribution in [3.63, 3.8) is 0 Å². The van der Waals surface area contributed by atoms with Crippen LogP contribution in [0.4, 0.5) is 13.2 Å². The second-order valence-corrected chi connectivity index (χ2v) is 7.76. The molecule has 21 heavy (non-hydrogen) atoms. The van der Waals surface area contributed by atoms with Crippen LogP contribution in [0.25, 0.3) is 0 Å². The van der Waals surface area contributed by atoms with Gasteiger partial charge in [0, 0.05) is 11.5 Å². The van der Waals surface area contributed by atoms with Crippen LogP contribution in [0.5, 0.6) is 0 Å². The van der Waals surface area contributed by atoms with E-state index in [1.165, 1.54) is 6.92 Å². The lowest BCUT2D eigenvalue weighted by Gasteiger charge is -2.38. The molecule has 5 atom stereocenters. The molecule has 0 saturated heterocycles. The Morgan fingerprint density at radius 3 is 2.38 bits per heavy atom. The fourth-order valence-corrected chi connectivity index (χ4v) is 4.08. The Balaban J connectivity index is 2.26. The number of ether oxygens (including phenoxy) is 1. The molecule has 0 heterocycles. The molecule has 2 rings (SSSR count). The summed E-state index contributed by atoms with van der Waals surface area (Å²) in [4.78, 5) is 11.7. The van der Waals surface area contributed by atoms with Crippen LogP contribution in [0.3, 0.4) is 0 Å². The zero-order chi connectivity index (χ0) is 16.0. The van der Waals surface area contributed by atoms with Crippen molar-refractivity contribution in [2.24, 2.45) is 17.8 Å². The van der Waals surface area contributed by atoms with Gasteiger partial charge >= 0.3 is 12.1 Å². The minimum absolute atomic E-state index is 0.0255. The van der Waals surface area contributed by atoms with Gasteiger partial charge in [-0.15, -0.1) is 0 Å². The third-order valence-electron chi connectivity index (χ3n) is 4.54. The molecule has 0 aromatic rings. The maximum absolute atomic E-state index is 13.2. The van der Waals surface area contributed by atoms with Crippen molar-refractivity contribution in [3.8, 4) is 0 Å². The highest BCUT2D eigenvalue weighted by molar-refractivity contribution is 14.1. The summed E-state index contributed by atoms with van der Waals surface area (Å²) < 4.78 is 41.4. The smallest absolute Gasteiger partial charge is 0.430 e. The zero-order valence-electron chi connectivity index (χ0n) is 11.6. The lowest BCUT2D eigenvalue weighted by atomic mass is 9.82. The summed E-state index contributed by atoms with van der Waals surface area (Å²) in [5.74, 6) is -0.870. The van der Waals surface area contributed by atoms with E-state index in [-0.39, 0.29) is 11.5 Å². The van der Waals surface area contributed by atoms with Gasteiger partial charge in [0.15, 0.2) is 6.10 Å². The highest BCUT2D eigenvalue weighted by atomic mass is 127. The highest BCUT2D eigenvalue weighted by Gasteiger charge is 2.63. The Morgan fingerprint density at radius 2 is 2.00 bits per heavy atom. The second kappa shape index (κ2) is 5.72. The van der Waals surface area contributed by atoms with E-state index in [0.717, 1.165) is 41.9 Å². The van der Waals surface area contributed by atoms with Crippen LogP contribution in [0.2, 0.25) is 0 Å². The Hall–Kier alpha value is -0.310. The first kappa shape index (κ1) is 17.1. The quantitative estimate of drug-likeness (QED) is 0.329. The molecule has 2 aliphatic rings. The van der Waals surface area contributed by atoms with Crippen molar-refractivity contribution in [2.75, 3.05) is 0 Å². The van der Waals surface area contributed by atoms with Crippen molar-refractivity contribution >= 4 is 28.6 Å². The largest absolute Gasteiger partial charge is 0.454 e. The first-order valence-electron chi connectivity index (χ1n) is 6.88. The van der Waals surface area contributed by atoms with Gasteiger partial charge in [0.2, 0.25) is 3.61 Å². The van der Waals surface area contributed by atoms with Crippen molar-refractivity contribution in [1.29, 1.82) is 0 Å². The number of halogens is 4. The minimum Gasteiger partial charge on any atom is -0.454 e. The number of aliphatic hydroxyl groups is 1. The Bertz CT molecular complexity index is 447. The van der Waals surface area contributed by atoms with E-state index in [2.05, 4.69) is 6.58 Å². The van der Waals surface area contributed by atoms with E-state index in [1.807, 2.05) is 0 Å². The average molecular weight is 418 g/mol. The molecule has 3 nitrogen and oxygen atoms in total. The molecule has 2 bridgehead atoms. The van der Waals surface area contributed by atoms with Crippen LogP contribution in [0, 0.1) is 17.8 Å². The van der Waals surface area contributed by atoms with E-state index in [0.29, 0.717) is 12.3 Å². The van der Waals surface area contributed by atoms with E-state index in [9.17, 15) is 23.1 Å². The predicted molar refractivity (Wildman–Crippen MR) is 78.7 cm³/mol. The Kier molecular flexibility index (Phi) is 4.64. The van der Waals surface area contributed by atoms with Gasteiger partial charge in [0.05, 0.1) is 0 Å².